The first-order valence-electron chi connectivity index (χ1n) is 5.97. The number of aryl methyl sites for hydroxylation is 1. The Morgan fingerprint density at radius 3 is 2.60 bits per heavy atom. The van der Waals surface area contributed by atoms with Gasteiger partial charge in [0.25, 0.3) is 0 Å². The van der Waals surface area contributed by atoms with Gasteiger partial charge in [0.1, 0.15) is 0 Å². The van der Waals surface area contributed by atoms with Gasteiger partial charge in [0.15, 0.2) is 5.70 Å². The number of ether oxygens (including phenoxy) is 1. The number of thiophene rings is 1. The van der Waals surface area contributed by atoms with Gasteiger partial charge in [0, 0.05) is 19.8 Å². The summed E-state index contributed by atoms with van der Waals surface area (Å²) in [6.07, 6.45) is 1.76. The minimum absolute atomic E-state index is 0.338. The fourth-order valence-electron chi connectivity index (χ4n) is 1.79. The number of halogens is 1. The molecule has 2 aromatic rings. The number of hydrogen-bond acceptors (Lipinski definition) is 4. The molecule has 100 valence electrons. The summed E-state index contributed by atoms with van der Waals surface area (Å²) in [5.41, 5.74) is 1.12. The molecule has 0 radical (unpaired) electrons. The largest absolute Gasteiger partial charge is 0.402 e. The molecule has 0 aliphatic carbocycles. The number of nitrogens with zero attached hydrogens (tertiary/aromatic N) is 1. The monoisotopic (exact) mass is 347 g/mol. The van der Waals surface area contributed by atoms with Crippen molar-refractivity contribution in [2.45, 2.75) is 6.92 Å². The van der Waals surface area contributed by atoms with Crippen LogP contribution in [0.25, 0.3) is 6.08 Å². The van der Waals surface area contributed by atoms with E-state index in [9.17, 15) is 4.79 Å². The number of carbonyl (C=O) groups excluding carboxylic acids is 1. The van der Waals surface area contributed by atoms with Gasteiger partial charge < -0.3 is 4.74 Å². The van der Waals surface area contributed by atoms with Gasteiger partial charge >= 0.3 is 5.97 Å². The third-order valence-corrected chi connectivity index (χ3v) is 4.23. The summed E-state index contributed by atoms with van der Waals surface area (Å²) in [6, 6.07) is 11.5. The molecule has 0 N–H and O–H groups in total. The van der Waals surface area contributed by atoms with Crippen LogP contribution in [-0.4, -0.2) is 11.9 Å². The van der Waals surface area contributed by atoms with Crippen LogP contribution in [0.15, 0.2) is 51.6 Å². The van der Waals surface area contributed by atoms with Crippen LogP contribution < -0.4 is 0 Å². The quantitative estimate of drug-likeness (QED) is 0.604. The molecular formula is C15H10BrNO2S. The zero-order valence-electron chi connectivity index (χ0n) is 10.6. The molecule has 0 saturated carbocycles. The summed E-state index contributed by atoms with van der Waals surface area (Å²) in [5.74, 6) is -0.0593. The second-order valence-electron chi connectivity index (χ2n) is 4.29. The van der Waals surface area contributed by atoms with Gasteiger partial charge in [-0.1, -0.05) is 15.9 Å². The SMILES string of the molecule is Cc1ccc(/C=C2\N=C(c3ccc(Br)cc3)OC2=O)s1. The number of esters is 1. The first-order chi connectivity index (χ1) is 9.61. The van der Waals surface area contributed by atoms with Crippen molar-refractivity contribution in [3.8, 4) is 0 Å². The maximum Gasteiger partial charge on any atom is 0.363 e. The normalized spacial score (nSPS) is 16.4. The van der Waals surface area contributed by atoms with Gasteiger partial charge in [-0.2, -0.15) is 0 Å². The molecule has 3 nitrogen and oxygen atoms in total. The molecule has 0 unspecified atom stereocenters. The second kappa shape index (κ2) is 5.34. The van der Waals surface area contributed by atoms with E-state index in [4.69, 9.17) is 4.74 Å². The highest BCUT2D eigenvalue weighted by Gasteiger charge is 2.24. The minimum atomic E-state index is -0.408. The van der Waals surface area contributed by atoms with E-state index in [2.05, 4.69) is 20.9 Å². The van der Waals surface area contributed by atoms with E-state index >= 15 is 0 Å². The van der Waals surface area contributed by atoms with Crippen molar-refractivity contribution in [1.82, 2.24) is 0 Å². The summed E-state index contributed by atoms with van der Waals surface area (Å²) in [7, 11) is 0. The second-order valence-corrected chi connectivity index (χ2v) is 6.53. The van der Waals surface area contributed by atoms with E-state index in [1.165, 1.54) is 4.88 Å². The molecule has 1 aliphatic heterocycles. The summed E-state index contributed by atoms with van der Waals surface area (Å²) in [5, 5.41) is 0. The molecule has 1 aromatic heterocycles. The zero-order valence-corrected chi connectivity index (χ0v) is 13.0. The number of rotatable bonds is 2. The van der Waals surface area contributed by atoms with Crippen LogP contribution in [0.1, 0.15) is 15.3 Å². The van der Waals surface area contributed by atoms with Crippen LogP contribution in [0, 0.1) is 6.92 Å². The van der Waals surface area contributed by atoms with Crippen molar-refractivity contribution in [2.75, 3.05) is 0 Å². The van der Waals surface area contributed by atoms with Gasteiger partial charge in [-0.25, -0.2) is 9.79 Å². The topological polar surface area (TPSA) is 38.7 Å². The third kappa shape index (κ3) is 2.73. The average Bonchev–Trinajstić information content (AvgIpc) is 2.98. The van der Waals surface area contributed by atoms with E-state index < -0.39 is 5.97 Å². The van der Waals surface area contributed by atoms with Gasteiger partial charge in [-0.15, -0.1) is 11.3 Å². The molecule has 3 rings (SSSR count). The lowest BCUT2D eigenvalue weighted by atomic mass is 10.2. The third-order valence-electron chi connectivity index (χ3n) is 2.75. The predicted octanol–water partition coefficient (Wildman–Crippen LogP) is 4.16. The zero-order chi connectivity index (χ0) is 14.1. The average molecular weight is 348 g/mol. The molecule has 0 atom stereocenters. The van der Waals surface area contributed by atoms with E-state index in [0.717, 1.165) is 14.9 Å². The highest BCUT2D eigenvalue weighted by Crippen LogP contribution is 2.23. The van der Waals surface area contributed by atoms with Gasteiger partial charge in [-0.05, 0) is 49.4 Å². The van der Waals surface area contributed by atoms with Crippen molar-refractivity contribution >= 4 is 45.2 Å². The Bertz CT molecular complexity index is 729. The predicted molar refractivity (Wildman–Crippen MR) is 83.8 cm³/mol. The Morgan fingerprint density at radius 1 is 1.20 bits per heavy atom. The fourth-order valence-corrected chi connectivity index (χ4v) is 2.87. The first-order valence-corrected chi connectivity index (χ1v) is 7.58. The molecule has 1 aromatic carbocycles. The summed E-state index contributed by atoms with van der Waals surface area (Å²) < 4.78 is 6.18. The van der Waals surface area contributed by atoms with Crippen LogP contribution in [0.3, 0.4) is 0 Å². The number of benzene rings is 1. The molecule has 5 heteroatoms. The Morgan fingerprint density at radius 2 is 1.95 bits per heavy atom. The van der Waals surface area contributed by atoms with Crippen LogP contribution in [0.5, 0.6) is 0 Å². The molecule has 0 saturated heterocycles. The van der Waals surface area contributed by atoms with Gasteiger partial charge in [-0.3, -0.25) is 0 Å². The maximum atomic E-state index is 11.8. The van der Waals surface area contributed by atoms with Crippen LogP contribution >= 0.6 is 27.3 Å². The molecule has 0 amide bonds. The van der Waals surface area contributed by atoms with E-state index in [1.807, 2.05) is 43.3 Å². The minimum Gasteiger partial charge on any atom is -0.402 e. The Labute approximate surface area is 128 Å². The summed E-state index contributed by atoms with van der Waals surface area (Å²) >= 11 is 4.98. The van der Waals surface area contributed by atoms with Gasteiger partial charge in [0.05, 0.1) is 0 Å². The van der Waals surface area contributed by atoms with E-state index in [-0.39, 0.29) is 0 Å². The molecular weight excluding hydrogens is 338 g/mol. The fraction of sp³-hybridized carbons (Fsp3) is 0.0667. The molecule has 1 aliphatic rings. The first kappa shape index (κ1) is 13.3. The van der Waals surface area contributed by atoms with Crippen LogP contribution in [0.2, 0.25) is 0 Å². The number of carbonyl (C=O) groups is 1. The summed E-state index contributed by atoms with van der Waals surface area (Å²) in [4.78, 5) is 18.3. The Kier molecular flexibility index (Phi) is 3.54. The lowest BCUT2D eigenvalue weighted by Crippen LogP contribution is -2.04. The number of hydrogen-bond donors (Lipinski definition) is 0. The Hall–Kier alpha value is -1.72. The standard InChI is InChI=1S/C15H10BrNO2S/c1-9-2-7-12(20-9)8-13-15(18)19-14(17-13)10-3-5-11(16)6-4-10/h2-8H,1H3/b13-8-. The molecule has 0 fully saturated rings. The highest BCUT2D eigenvalue weighted by atomic mass is 79.9. The van der Waals surface area contributed by atoms with Gasteiger partial charge in [0.2, 0.25) is 5.90 Å². The van der Waals surface area contributed by atoms with Crippen molar-refractivity contribution in [2.24, 2.45) is 4.99 Å². The molecule has 2 heterocycles. The maximum absolute atomic E-state index is 11.8. The van der Waals surface area contributed by atoms with Crippen LogP contribution in [-0.2, 0) is 9.53 Å². The Balaban J connectivity index is 1.92. The van der Waals surface area contributed by atoms with Crippen LogP contribution in [0.4, 0.5) is 0 Å². The molecule has 0 bridgehead atoms. The highest BCUT2D eigenvalue weighted by molar-refractivity contribution is 9.10. The number of aliphatic imine (C=N–C) groups is 1. The number of cyclic esters (lactones) is 1. The van der Waals surface area contributed by atoms with E-state index in [0.29, 0.717) is 11.6 Å². The molecule has 0 spiro atoms. The lowest BCUT2D eigenvalue weighted by Gasteiger charge is -1.98. The van der Waals surface area contributed by atoms with Crippen molar-refractivity contribution in [3.05, 3.63) is 61.9 Å². The van der Waals surface area contributed by atoms with E-state index in [1.54, 1.807) is 17.4 Å². The smallest absolute Gasteiger partial charge is 0.363 e. The van der Waals surface area contributed by atoms with Crippen molar-refractivity contribution in [1.29, 1.82) is 0 Å². The summed E-state index contributed by atoms with van der Waals surface area (Å²) in [6.45, 7) is 2.02. The van der Waals surface area contributed by atoms with Crippen molar-refractivity contribution in [3.63, 3.8) is 0 Å². The lowest BCUT2D eigenvalue weighted by molar-refractivity contribution is -0.129. The van der Waals surface area contributed by atoms with Crippen molar-refractivity contribution < 1.29 is 9.53 Å². The molecule has 20 heavy (non-hydrogen) atoms.